The number of sulfonamides is 1. The summed E-state index contributed by atoms with van der Waals surface area (Å²) in [5.41, 5.74) is 6.74. The summed E-state index contributed by atoms with van der Waals surface area (Å²) in [6.45, 7) is 6.23. The van der Waals surface area contributed by atoms with Crippen molar-refractivity contribution in [1.29, 1.82) is 0 Å². The first-order chi connectivity index (χ1) is 14.1. The summed E-state index contributed by atoms with van der Waals surface area (Å²) in [7, 11) is -3.42. The summed E-state index contributed by atoms with van der Waals surface area (Å²) in [5, 5.41) is 3.05. The molecule has 1 N–H and O–H groups in total. The van der Waals surface area contributed by atoms with Crippen molar-refractivity contribution in [3.63, 3.8) is 0 Å². The highest BCUT2D eigenvalue weighted by Crippen LogP contribution is 2.25. The van der Waals surface area contributed by atoms with Gasteiger partial charge < -0.3 is 5.32 Å². The van der Waals surface area contributed by atoms with E-state index in [1.807, 2.05) is 39.0 Å². The largest absolute Gasteiger partial charge is 0.350 e. The maximum atomic E-state index is 12.4. The molecule has 6 heteroatoms. The quantitative estimate of drug-likeness (QED) is 0.685. The van der Waals surface area contributed by atoms with Crippen LogP contribution in [0.25, 0.3) is 0 Å². The molecule has 1 atom stereocenters. The Kier molecular flexibility index (Phi) is 6.86. The lowest BCUT2D eigenvalue weighted by molar-refractivity contribution is -0.121. The van der Waals surface area contributed by atoms with Gasteiger partial charge in [-0.05, 0) is 86.4 Å². The number of nitrogens with one attached hydrogen (secondary N) is 1. The Hall–Kier alpha value is -2.34. The summed E-state index contributed by atoms with van der Waals surface area (Å²) in [4.78, 5) is 12.4. The Balaban J connectivity index is 1.57. The molecular weight excluding hydrogens is 396 g/mol. The molecule has 3 rings (SSSR count). The van der Waals surface area contributed by atoms with Crippen molar-refractivity contribution < 1.29 is 13.2 Å². The van der Waals surface area contributed by atoms with E-state index in [2.05, 4.69) is 23.5 Å². The molecule has 0 saturated heterocycles. The van der Waals surface area contributed by atoms with Crippen LogP contribution in [0.5, 0.6) is 0 Å². The molecule has 0 saturated carbocycles. The fraction of sp³-hybridized carbons (Fsp3) is 0.458. The van der Waals surface area contributed by atoms with E-state index in [0.717, 1.165) is 29.5 Å². The number of carbonyl (C=O) groups excluding carboxylic acids is 1. The topological polar surface area (TPSA) is 66.5 Å². The van der Waals surface area contributed by atoms with Gasteiger partial charge in [-0.25, -0.2) is 8.42 Å². The standard InChI is InChI=1S/C24H32N2O3S/c1-17-10-13-23(15-18(17)2)26(30(4,28)29)14-6-9-24(27)25-19(3)21-12-11-20-7-5-8-22(20)16-21/h10-13,15-16,19H,5-9,14H2,1-4H3,(H,25,27)/t19-/m1/s1. The third kappa shape index (κ3) is 5.42. The van der Waals surface area contributed by atoms with E-state index < -0.39 is 10.0 Å². The SMILES string of the molecule is Cc1ccc(N(CCCC(=O)N[C@H](C)c2ccc3c(c2)CCC3)S(C)(=O)=O)cc1C. The molecule has 0 unspecified atom stereocenters. The van der Waals surface area contributed by atoms with E-state index >= 15 is 0 Å². The summed E-state index contributed by atoms with van der Waals surface area (Å²) in [5.74, 6) is -0.0588. The highest BCUT2D eigenvalue weighted by Gasteiger charge is 2.19. The van der Waals surface area contributed by atoms with Gasteiger partial charge in [-0.1, -0.05) is 24.3 Å². The average molecular weight is 429 g/mol. The minimum absolute atomic E-state index is 0.0588. The van der Waals surface area contributed by atoms with Crippen molar-refractivity contribution in [2.24, 2.45) is 0 Å². The van der Waals surface area contributed by atoms with E-state index in [1.165, 1.54) is 28.1 Å². The van der Waals surface area contributed by atoms with Crippen LogP contribution in [0.4, 0.5) is 5.69 Å². The molecule has 0 radical (unpaired) electrons. The summed E-state index contributed by atoms with van der Waals surface area (Å²) in [6, 6.07) is 12.0. The molecule has 162 valence electrons. The Labute approximate surface area is 180 Å². The second-order valence-corrected chi connectivity index (χ2v) is 10.3. The van der Waals surface area contributed by atoms with Crippen molar-refractivity contribution in [3.8, 4) is 0 Å². The van der Waals surface area contributed by atoms with Gasteiger partial charge in [0.15, 0.2) is 0 Å². The average Bonchev–Trinajstić information content (AvgIpc) is 3.14. The van der Waals surface area contributed by atoms with Crippen molar-refractivity contribution in [3.05, 3.63) is 64.2 Å². The maximum absolute atomic E-state index is 12.4. The van der Waals surface area contributed by atoms with Gasteiger partial charge in [0, 0.05) is 13.0 Å². The molecular formula is C24H32N2O3S. The molecule has 0 spiro atoms. The third-order valence-electron chi connectivity index (χ3n) is 5.94. The Morgan fingerprint density at radius 2 is 1.80 bits per heavy atom. The molecule has 30 heavy (non-hydrogen) atoms. The van der Waals surface area contributed by atoms with E-state index in [1.54, 1.807) is 0 Å². The lowest BCUT2D eigenvalue weighted by Gasteiger charge is -2.23. The molecule has 1 amide bonds. The second kappa shape index (κ2) is 9.21. The predicted octanol–water partition coefficient (Wildman–Crippen LogP) is 4.22. The minimum Gasteiger partial charge on any atom is -0.350 e. The van der Waals surface area contributed by atoms with Crippen molar-refractivity contribution in [1.82, 2.24) is 5.32 Å². The number of carbonyl (C=O) groups is 1. The monoisotopic (exact) mass is 428 g/mol. The first kappa shape index (κ1) is 22.3. The molecule has 2 aromatic rings. The number of hydrogen-bond acceptors (Lipinski definition) is 3. The molecule has 5 nitrogen and oxygen atoms in total. The van der Waals surface area contributed by atoms with Crippen molar-refractivity contribution >= 4 is 21.6 Å². The van der Waals surface area contributed by atoms with Crippen molar-refractivity contribution in [2.75, 3.05) is 17.1 Å². The van der Waals surface area contributed by atoms with E-state index in [4.69, 9.17) is 0 Å². The van der Waals surface area contributed by atoms with Gasteiger partial charge in [-0.3, -0.25) is 9.10 Å². The van der Waals surface area contributed by atoms with E-state index in [-0.39, 0.29) is 24.9 Å². The second-order valence-electron chi connectivity index (χ2n) is 8.38. The van der Waals surface area contributed by atoms with Crippen LogP contribution in [0, 0.1) is 13.8 Å². The van der Waals surface area contributed by atoms with Gasteiger partial charge in [0.1, 0.15) is 0 Å². The Morgan fingerprint density at radius 1 is 1.07 bits per heavy atom. The zero-order valence-electron chi connectivity index (χ0n) is 18.4. The van der Waals surface area contributed by atoms with E-state index in [9.17, 15) is 13.2 Å². The zero-order chi connectivity index (χ0) is 21.9. The number of anilines is 1. The van der Waals surface area contributed by atoms with Gasteiger partial charge in [0.25, 0.3) is 0 Å². The lowest BCUT2D eigenvalue weighted by atomic mass is 10.0. The van der Waals surface area contributed by atoms with Crippen LogP contribution >= 0.6 is 0 Å². The smallest absolute Gasteiger partial charge is 0.232 e. The molecule has 1 aliphatic rings. The Bertz CT molecular complexity index is 1030. The Morgan fingerprint density at radius 3 is 2.50 bits per heavy atom. The van der Waals surface area contributed by atoms with Gasteiger partial charge in [-0.15, -0.1) is 0 Å². The molecule has 0 aromatic heterocycles. The number of nitrogens with zero attached hydrogens (tertiary/aromatic N) is 1. The number of hydrogen-bond donors (Lipinski definition) is 1. The predicted molar refractivity (Wildman–Crippen MR) is 122 cm³/mol. The van der Waals surface area contributed by atoms with Gasteiger partial charge in [0.05, 0.1) is 18.0 Å². The number of amides is 1. The first-order valence-electron chi connectivity index (χ1n) is 10.6. The normalized spacial score (nSPS) is 14.3. The molecule has 0 aliphatic heterocycles. The highest BCUT2D eigenvalue weighted by molar-refractivity contribution is 7.92. The molecule has 2 aromatic carbocycles. The maximum Gasteiger partial charge on any atom is 0.232 e. The molecule has 1 aliphatic carbocycles. The molecule has 0 bridgehead atoms. The number of fused-ring (bicyclic) bond motifs is 1. The van der Waals surface area contributed by atoms with E-state index in [0.29, 0.717) is 12.1 Å². The zero-order valence-corrected chi connectivity index (χ0v) is 19.2. The highest BCUT2D eigenvalue weighted by atomic mass is 32.2. The van der Waals surface area contributed by atoms with Crippen LogP contribution in [0.3, 0.4) is 0 Å². The minimum atomic E-state index is -3.42. The molecule has 0 fully saturated rings. The number of aryl methyl sites for hydroxylation is 4. The van der Waals surface area contributed by atoms with Crippen LogP contribution in [-0.2, 0) is 27.7 Å². The fourth-order valence-electron chi connectivity index (χ4n) is 4.01. The van der Waals surface area contributed by atoms with Crippen LogP contribution < -0.4 is 9.62 Å². The van der Waals surface area contributed by atoms with Crippen LogP contribution in [0.15, 0.2) is 36.4 Å². The third-order valence-corrected chi connectivity index (χ3v) is 7.14. The molecule has 0 heterocycles. The number of rotatable bonds is 8. The first-order valence-corrected chi connectivity index (χ1v) is 12.5. The number of benzene rings is 2. The van der Waals surface area contributed by atoms with Crippen LogP contribution in [0.2, 0.25) is 0 Å². The fourth-order valence-corrected chi connectivity index (χ4v) is 4.97. The summed E-state index contributed by atoms with van der Waals surface area (Å²) < 4.78 is 26.0. The summed E-state index contributed by atoms with van der Waals surface area (Å²) >= 11 is 0. The summed E-state index contributed by atoms with van der Waals surface area (Å²) in [6.07, 6.45) is 5.42. The van der Waals surface area contributed by atoms with Gasteiger partial charge >= 0.3 is 0 Å². The van der Waals surface area contributed by atoms with Crippen LogP contribution in [0.1, 0.15) is 60.0 Å². The van der Waals surface area contributed by atoms with Gasteiger partial charge in [-0.2, -0.15) is 0 Å². The lowest BCUT2D eigenvalue weighted by Crippen LogP contribution is -2.32. The van der Waals surface area contributed by atoms with Crippen molar-refractivity contribution in [2.45, 2.75) is 58.9 Å². The van der Waals surface area contributed by atoms with Gasteiger partial charge in [0.2, 0.25) is 15.9 Å². The van der Waals surface area contributed by atoms with Crippen LogP contribution in [-0.4, -0.2) is 27.1 Å².